The van der Waals surface area contributed by atoms with Crippen LogP contribution in [0.3, 0.4) is 0 Å². The van der Waals surface area contributed by atoms with Crippen molar-refractivity contribution in [3.63, 3.8) is 0 Å². The first-order valence-corrected chi connectivity index (χ1v) is 13.0. The van der Waals surface area contributed by atoms with E-state index in [0.717, 1.165) is 0 Å². The lowest BCUT2D eigenvalue weighted by Gasteiger charge is -2.31. The monoisotopic (exact) mass is 411 g/mol. The number of carbonyl (C=O) groups is 3. The number of hydrogen-bond donors (Lipinski definition) is 0. The Morgan fingerprint density at radius 3 is 2.25 bits per heavy atom. The van der Waals surface area contributed by atoms with E-state index >= 15 is 0 Å². The summed E-state index contributed by atoms with van der Waals surface area (Å²) in [4.78, 5) is 37.9. The van der Waals surface area contributed by atoms with Crippen LogP contribution in [0.5, 0.6) is 0 Å². The van der Waals surface area contributed by atoms with Crippen molar-refractivity contribution in [2.75, 3.05) is 7.11 Å². The van der Waals surface area contributed by atoms with Crippen molar-refractivity contribution in [1.82, 2.24) is 4.90 Å². The maximum absolute atomic E-state index is 12.8. The summed E-state index contributed by atoms with van der Waals surface area (Å²) in [5, 5.41) is 0. The van der Waals surface area contributed by atoms with Crippen LogP contribution in [0.4, 0.5) is 4.79 Å². The number of carbonyl (C=O) groups excluding carboxylic acids is 3. The van der Waals surface area contributed by atoms with Crippen molar-refractivity contribution in [3.05, 3.63) is 0 Å². The van der Waals surface area contributed by atoms with Crippen molar-refractivity contribution in [2.24, 2.45) is 5.92 Å². The second-order valence-corrected chi connectivity index (χ2v) is 13.8. The van der Waals surface area contributed by atoms with Gasteiger partial charge in [-0.05, 0) is 33.6 Å². The van der Waals surface area contributed by atoms with Crippen molar-refractivity contribution in [3.8, 4) is 11.5 Å². The highest BCUT2D eigenvalue weighted by molar-refractivity contribution is 6.83. The molecular weight excluding hydrogens is 378 g/mol. The van der Waals surface area contributed by atoms with Crippen LogP contribution >= 0.6 is 0 Å². The van der Waals surface area contributed by atoms with Crippen LogP contribution in [0, 0.1) is 17.4 Å². The van der Waals surface area contributed by atoms with Gasteiger partial charge in [0.15, 0.2) is 6.23 Å². The van der Waals surface area contributed by atoms with Crippen molar-refractivity contribution < 1.29 is 28.6 Å². The Morgan fingerprint density at radius 1 is 1.18 bits per heavy atom. The molecule has 1 fully saturated rings. The second-order valence-electron chi connectivity index (χ2n) is 9.01. The molecular formula is C20H33NO6Si. The molecule has 0 spiro atoms. The first kappa shape index (κ1) is 24.0. The molecule has 7 nitrogen and oxygen atoms in total. The van der Waals surface area contributed by atoms with E-state index in [2.05, 4.69) is 31.1 Å². The number of methoxy groups -OCH3 is 1. The van der Waals surface area contributed by atoms with Gasteiger partial charge in [0.1, 0.15) is 19.7 Å². The summed E-state index contributed by atoms with van der Waals surface area (Å²) in [7, 11) is -0.211. The predicted octanol–water partition coefficient (Wildman–Crippen LogP) is 3.34. The number of esters is 2. The number of rotatable bonds is 4. The van der Waals surface area contributed by atoms with Gasteiger partial charge in [-0.1, -0.05) is 19.6 Å². The third-order valence-electron chi connectivity index (χ3n) is 4.01. The van der Waals surface area contributed by atoms with E-state index < -0.39 is 44.0 Å². The van der Waals surface area contributed by atoms with Crippen LogP contribution in [-0.2, 0) is 23.8 Å². The van der Waals surface area contributed by atoms with Crippen LogP contribution in [0.2, 0.25) is 19.6 Å². The third kappa shape index (κ3) is 7.54. The Bertz CT molecular complexity index is 652. The number of amides is 1. The molecule has 8 heteroatoms. The van der Waals surface area contributed by atoms with E-state index in [0.29, 0.717) is 19.3 Å². The molecule has 3 atom stereocenters. The molecule has 158 valence electrons. The number of ether oxygens (including phenoxy) is 3. The largest absolute Gasteiger partial charge is 0.467 e. The molecule has 0 aromatic rings. The van der Waals surface area contributed by atoms with Gasteiger partial charge < -0.3 is 14.2 Å². The summed E-state index contributed by atoms with van der Waals surface area (Å²) in [6.45, 7) is 13.0. The molecule has 0 aliphatic carbocycles. The van der Waals surface area contributed by atoms with Crippen molar-refractivity contribution >= 4 is 26.1 Å². The van der Waals surface area contributed by atoms with Crippen LogP contribution in [-0.4, -0.2) is 56.0 Å². The minimum atomic E-state index is -1.48. The minimum Gasteiger partial charge on any atom is -0.467 e. The van der Waals surface area contributed by atoms with Gasteiger partial charge in [0.2, 0.25) is 0 Å². The van der Waals surface area contributed by atoms with E-state index in [-0.39, 0.29) is 5.92 Å². The third-order valence-corrected chi connectivity index (χ3v) is 4.93. The smallest absolute Gasteiger partial charge is 0.413 e. The van der Waals surface area contributed by atoms with Gasteiger partial charge in [-0.15, -0.1) is 11.5 Å². The first-order chi connectivity index (χ1) is 12.7. The highest BCUT2D eigenvalue weighted by atomic mass is 28.3. The van der Waals surface area contributed by atoms with Gasteiger partial charge in [0.05, 0.1) is 7.11 Å². The molecule has 1 saturated heterocycles. The summed E-state index contributed by atoms with van der Waals surface area (Å²) < 4.78 is 15.7. The molecule has 28 heavy (non-hydrogen) atoms. The Hall–Kier alpha value is -2.01. The van der Waals surface area contributed by atoms with Gasteiger partial charge in [-0.2, -0.15) is 0 Å². The Labute approximate surface area is 169 Å². The maximum atomic E-state index is 12.8. The highest BCUT2D eigenvalue weighted by Crippen LogP contribution is 2.36. The van der Waals surface area contributed by atoms with E-state index in [1.807, 2.05) is 0 Å². The van der Waals surface area contributed by atoms with E-state index in [4.69, 9.17) is 14.2 Å². The molecule has 1 heterocycles. The van der Waals surface area contributed by atoms with Crippen LogP contribution in [0.15, 0.2) is 0 Å². The zero-order chi connectivity index (χ0) is 21.7. The second kappa shape index (κ2) is 9.46. The maximum Gasteiger partial charge on any atom is 0.413 e. The summed E-state index contributed by atoms with van der Waals surface area (Å²) >= 11 is 0. The number of likely N-dealkylation sites (tertiary alicyclic amines) is 1. The van der Waals surface area contributed by atoms with Crippen molar-refractivity contribution in [1.29, 1.82) is 0 Å². The van der Waals surface area contributed by atoms with Crippen LogP contribution in [0.1, 0.15) is 47.0 Å². The fourth-order valence-corrected chi connectivity index (χ4v) is 3.64. The molecule has 1 unspecified atom stereocenters. The summed E-state index contributed by atoms with van der Waals surface area (Å²) in [5.74, 6) is 1.88. The molecule has 0 aromatic heterocycles. The molecule has 0 saturated carbocycles. The summed E-state index contributed by atoms with van der Waals surface area (Å²) in [5.41, 5.74) is 2.55. The average molecular weight is 412 g/mol. The number of nitrogens with zero attached hydrogens (tertiary/aromatic N) is 1. The topological polar surface area (TPSA) is 82.1 Å². The molecule has 1 rings (SSSR count). The quantitative estimate of drug-likeness (QED) is 0.305. The Balaban J connectivity index is 3.11. The van der Waals surface area contributed by atoms with Gasteiger partial charge in [0, 0.05) is 19.3 Å². The molecule has 1 amide bonds. The lowest BCUT2D eigenvalue weighted by Crippen LogP contribution is -2.49. The standard InChI is InChI=1S/C20H33NO6Si/c1-14(22)26-17-15(11-9-10-12-28(6,7)8)13-16(18(23)25-5)21(17)19(24)27-20(2,3)4/h15-17H,9,11,13H2,1-8H3/t15-,16-,17?/m0/s1. The normalized spacial score (nSPS) is 22.1. The zero-order valence-corrected chi connectivity index (χ0v) is 19.3. The average Bonchev–Trinajstić information content (AvgIpc) is 2.86. The summed E-state index contributed by atoms with van der Waals surface area (Å²) in [6.07, 6.45) is -0.0568. The van der Waals surface area contributed by atoms with E-state index in [1.54, 1.807) is 20.8 Å². The van der Waals surface area contributed by atoms with Gasteiger partial charge in [-0.25, -0.2) is 9.59 Å². The Kier molecular flexibility index (Phi) is 8.12. The molecule has 1 aliphatic rings. The molecule has 0 bridgehead atoms. The van der Waals surface area contributed by atoms with Gasteiger partial charge in [0.25, 0.3) is 0 Å². The lowest BCUT2D eigenvalue weighted by atomic mass is 9.98. The summed E-state index contributed by atoms with van der Waals surface area (Å²) in [6, 6.07) is -0.862. The molecule has 0 N–H and O–H groups in total. The van der Waals surface area contributed by atoms with Gasteiger partial charge >= 0.3 is 18.0 Å². The van der Waals surface area contributed by atoms with Crippen LogP contribution < -0.4 is 0 Å². The SMILES string of the molecule is COC(=O)[C@@H]1C[C@H](CCC#C[Si](C)(C)C)C(OC(C)=O)N1C(=O)OC(C)(C)C. The molecule has 0 radical (unpaired) electrons. The number of hydrogen-bond acceptors (Lipinski definition) is 6. The lowest BCUT2D eigenvalue weighted by molar-refractivity contribution is -0.161. The fraction of sp³-hybridized carbons (Fsp3) is 0.750. The predicted molar refractivity (Wildman–Crippen MR) is 108 cm³/mol. The first-order valence-electron chi connectivity index (χ1n) is 9.51. The van der Waals surface area contributed by atoms with E-state index in [9.17, 15) is 14.4 Å². The molecule has 0 aromatic carbocycles. The highest BCUT2D eigenvalue weighted by Gasteiger charge is 2.50. The zero-order valence-electron chi connectivity index (χ0n) is 18.3. The molecule has 1 aliphatic heterocycles. The van der Waals surface area contributed by atoms with Gasteiger partial charge in [-0.3, -0.25) is 9.69 Å². The fourth-order valence-electron chi connectivity index (χ4n) is 2.98. The Morgan fingerprint density at radius 2 is 1.79 bits per heavy atom. The van der Waals surface area contributed by atoms with Crippen molar-refractivity contribution in [2.45, 2.75) is 84.5 Å². The van der Waals surface area contributed by atoms with E-state index in [1.165, 1.54) is 18.9 Å². The van der Waals surface area contributed by atoms with Crippen LogP contribution in [0.25, 0.3) is 0 Å². The minimum absolute atomic E-state index is 0.226.